The minimum absolute atomic E-state index is 0.159. The highest BCUT2D eigenvalue weighted by atomic mass is 32.1. The zero-order valence-corrected chi connectivity index (χ0v) is 25.8. The van der Waals surface area contributed by atoms with Crippen LogP contribution in [-0.4, -0.2) is 38.3 Å². The summed E-state index contributed by atoms with van der Waals surface area (Å²) in [5, 5.41) is -1.28. The summed E-state index contributed by atoms with van der Waals surface area (Å²) in [6.45, 7) is 20.8. The van der Waals surface area contributed by atoms with Crippen molar-refractivity contribution in [3.8, 4) is 0 Å². The lowest BCUT2D eigenvalue weighted by Gasteiger charge is -2.20. The number of hydrogen-bond donors (Lipinski definition) is 4. The third-order valence-corrected chi connectivity index (χ3v) is 4.94. The van der Waals surface area contributed by atoms with E-state index in [9.17, 15) is 0 Å². The SMILES string of the molecule is CC(C)O[Si](OC(C)C)OC(C)C.CCCC.CCCCCCCC.NC(=O)S.NC(=O)S. The summed E-state index contributed by atoms with van der Waals surface area (Å²) in [6, 6.07) is 0. The second kappa shape index (κ2) is 36.3. The maximum atomic E-state index is 9.09. The molecule has 2 amide bonds. The summed E-state index contributed by atoms with van der Waals surface area (Å²) in [6.07, 6.45) is 11.6. The van der Waals surface area contributed by atoms with Crippen molar-refractivity contribution in [1.29, 1.82) is 0 Å². The number of nitrogens with two attached hydrogens (primary N) is 2. The van der Waals surface area contributed by atoms with Gasteiger partial charge in [-0.2, -0.15) is 0 Å². The smallest absolute Gasteiger partial charge is 0.369 e. The normalized spacial score (nSPS) is 9.70. The van der Waals surface area contributed by atoms with Crippen LogP contribution in [0.5, 0.6) is 0 Å². The van der Waals surface area contributed by atoms with Gasteiger partial charge in [0, 0.05) is 18.3 Å². The van der Waals surface area contributed by atoms with Crippen LogP contribution in [0.25, 0.3) is 0 Å². The fraction of sp³-hybridized carbons (Fsp3) is 0.913. The highest BCUT2D eigenvalue weighted by molar-refractivity contribution is 7.96. The van der Waals surface area contributed by atoms with Gasteiger partial charge in [0.05, 0.1) is 0 Å². The maximum Gasteiger partial charge on any atom is 0.578 e. The van der Waals surface area contributed by atoms with Crippen molar-refractivity contribution in [3.63, 3.8) is 0 Å². The first-order valence-corrected chi connectivity index (χ1v) is 14.2. The average molecular weight is 532 g/mol. The van der Waals surface area contributed by atoms with E-state index in [0.717, 1.165) is 0 Å². The van der Waals surface area contributed by atoms with Crippen LogP contribution < -0.4 is 11.5 Å². The third-order valence-electron chi connectivity index (χ3n) is 2.95. The van der Waals surface area contributed by atoms with Gasteiger partial charge in [0.25, 0.3) is 10.5 Å². The molecule has 0 rings (SSSR count). The molecule has 0 saturated carbocycles. The summed E-state index contributed by atoms with van der Waals surface area (Å²) < 4.78 is 16.6. The van der Waals surface area contributed by atoms with Crippen LogP contribution in [0.3, 0.4) is 0 Å². The van der Waals surface area contributed by atoms with Crippen LogP contribution >= 0.6 is 25.3 Å². The summed E-state index contributed by atoms with van der Waals surface area (Å²) in [4.78, 5) is 18.2. The molecule has 1 radical (unpaired) electrons. The second-order valence-electron chi connectivity index (χ2n) is 7.84. The maximum absolute atomic E-state index is 9.09. The lowest BCUT2D eigenvalue weighted by Crippen LogP contribution is -2.34. The zero-order valence-electron chi connectivity index (χ0n) is 23.0. The topological polar surface area (TPSA) is 114 Å². The van der Waals surface area contributed by atoms with E-state index in [1.165, 1.54) is 51.4 Å². The highest BCUT2D eigenvalue weighted by Crippen LogP contribution is 2.04. The Hall–Kier alpha value is -0.263. The number of unbranched alkanes of at least 4 members (excludes halogenated alkanes) is 6. The Morgan fingerprint density at radius 2 is 0.818 bits per heavy atom. The van der Waals surface area contributed by atoms with Gasteiger partial charge in [-0.1, -0.05) is 104 Å². The van der Waals surface area contributed by atoms with E-state index in [2.05, 4.69) is 64.4 Å². The van der Waals surface area contributed by atoms with Crippen LogP contribution in [-0.2, 0) is 13.3 Å². The van der Waals surface area contributed by atoms with E-state index in [4.69, 9.17) is 22.9 Å². The molecule has 0 aliphatic rings. The van der Waals surface area contributed by atoms with Gasteiger partial charge in [-0.3, -0.25) is 9.59 Å². The molecule has 203 valence electrons. The molecule has 0 aromatic rings. The first-order chi connectivity index (χ1) is 15.2. The third kappa shape index (κ3) is 89.2. The van der Waals surface area contributed by atoms with Gasteiger partial charge in [0.15, 0.2) is 0 Å². The molecule has 0 heterocycles. The fourth-order valence-electron chi connectivity index (χ4n) is 1.51. The number of hydrogen-bond acceptors (Lipinski definition) is 5. The molecule has 0 spiro atoms. The van der Waals surface area contributed by atoms with Crippen molar-refractivity contribution < 1.29 is 22.9 Å². The minimum atomic E-state index is -1.54. The summed E-state index contributed by atoms with van der Waals surface area (Å²) >= 11 is 6.21. The van der Waals surface area contributed by atoms with Crippen LogP contribution in [0.4, 0.5) is 9.59 Å². The Labute approximate surface area is 218 Å². The first kappa shape index (κ1) is 42.9. The number of carbonyl (C=O) groups is 2. The van der Waals surface area contributed by atoms with Crippen molar-refractivity contribution in [2.75, 3.05) is 0 Å². The van der Waals surface area contributed by atoms with Crippen molar-refractivity contribution in [2.24, 2.45) is 11.5 Å². The van der Waals surface area contributed by atoms with Gasteiger partial charge in [-0.15, -0.1) is 0 Å². The predicted octanol–water partition coefficient (Wildman–Crippen LogP) is 7.41. The molecule has 4 N–H and O–H groups in total. The van der Waals surface area contributed by atoms with E-state index < -0.39 is 20.0 Å². The van der Waals surface area contributed by atoms with Gasteiger partial charge >= 0.3 is 9.53 Å². The molecular formula is C23H55N2O5S2Si. The first-order valence-electron chi connectivity index (χ1n) is 12.0. The Morgan fingerprint density at radius 3 is 0.939 bits per heavy atom. The van der Waals surface area contributed by atoms with E-state index >= 15 is 0 Å². The molecule has 0 unspecified atom stereocenters. The second-order valence-corrected chi connectivity index (χ2v) is 9.93. The van der Waals surface area contributed by atoms with E-state index in [1.807, 2.05) is 41.5 Å². The molecule has 10 heteroatoms. The van der Waals surface area contributed by atoms with Crippen molar-refractivity contribution in [1.82, 2.24) is 0 Å². The highest BCUT2D eigenvalue weighted by Gasteiger charge is 2.23. The largest absolute Gasteiger partial charge is 0.578 e. The van der Waals surface area contributed by atoms with Crippen molar-refractivity contribution >= 4 is 45.3 Å². The summed E-state index contributed by atoms with van der Waals surface area (Å²) in [5.41, 5.74) is 8.67. The molecular weight excluding hydrogens is 476 g/mol. The zero-order chi connectivity index (χ0) is 27.2. The molecule has 0 fully saturated rings. The van der Waals surface area contributed by atoms with Crippen LogP contribution in [0, 0.1) is 0 Å². The van der Waals surface area contributed by atoms with Crippen LogP contribution in [0.15, 0.2) is 0 Å². The molecule has 33 heavy (non-hydrogen) atoms. The van der Waals surface area contributed by atoms with Gasteiger partial charge in [-0.25, -0.2) is 0 Å². The van der Waals surface area contributed by atoms with E-state index in [1.54, 1.807) is 0 Å². The standard InChI is InChI=1S/C9H21O3Si.C8H18.C4H10.2CH3NOS/c1-7(2)10-13(11-8(3)4)12-9(5)6;1-3-5-7-8-6-4-2;1-3-4-2;2*2-1(3)4/h7-9H,1-6H3;3-8H2,1-2H3;3-4H2,1-2H3;2*(H3,2,3,4). The lowest BCUT2D eigenvalue weighted by molar-refractivity contribution is 0.0335. The number of carbonyl (C=O) groups excluding carboxylic acids is 2. The lowest BCUT2D eigenvalue weighted by atomic mass is 10.1. The monoisotopic (exact) mass is 531 g/mol. The minimum Gasteiger partial charge on any atom is -0.369 e. The van der Waals surface area contributed by atoms with Crippen molar-refractivity contribution in [2.45, 2.75) is 139 Å². The quantitative estimate of drug-likeness (QED) is 0.119. The number of primary amides is 2. The fourth-order valence-corrected chi connectivity index (χ4v) is 2.84. The molecule has 0 aliphatic carbocycles. The molecule has 0 aromatic heterocycles. The van der Waals surface area contributed by atoms with E-state index in [0.29, 0.717) is 0 Å². The van der Waals surface area contributed by atoms with Crippen LogP contribution in [0.1, 0.15) is 121 Å². The van der Waals surface area contributed by atoms with Gasteiger partial charge in [-0.05, 0) is 41.5 Å². The molecule has 0 aromatic carbocycles. The summed E-state index contributed by atoms with van der Waals surface area (Å²) in [7, 11) is -1.54. The van der Waals surface area contributed by atoms with Crippen molar-refractivity contribution in [3.05, 3.63) is 0 Å². The molecule has 0 saturated heterocycles. The molecule has 0 atom stereocenters. The summed E-state index contributed by atoms with van der Waals surface area (Å²) in [5.74, 6) is 0. The Bertz CT molecular complexity index is 340. The molecule has 7 nitrogen and oxygen atoms in total. The Balaban J connectivity index is -0.000000111. The average Bonchev–Trinajstić information content (AvgIpc) is 2.63. The Kier molecular flexibility index (Phi) is 47.2. The number of thiol groups is 2. The van der Waals surface area contributed by atoms with Gasteiger partial charge in [0.2, 0.25) is 0 Å². The van der Waals surface area contributed by atoms with Gasteiger partial charge in [0.1, 0.15) is 0 Å². The predicted molar refractivity (Wildman–Crippen MR) is 151 cm³/mol. The Morgan fingerprint density at radius 1 is 0.606 bits per heavy atom. The van der Waals surface area contributed by atoms with Crippen LogP contribution in [0.2, 0.25) is 0 Å². The molecule has 0 bridgehead atoms. The number of amides is 2. The number of rotatable bonds is 12. The van der Waals surface area contributed by atoms with E-state index in [-0.39, 0.29) is 18.3 Å². The van der Waals surface area contributed by atoms with Gasteiger partial charge < -0.3 is 24.7 Å². The molecule has 0 aliphatic heterocycles.